The molecule has 0 aliphatic carbocycles. The lowest BCUT2D eigenvalue weighted by atomic mass is 10.2. The second-order valence-electron chi connectivity index (χ2n) is 6.93. The first kappa shape index (κ1) is 21.2. The van der Waals surface area contributed by atoms with E-state index in [0.717, 1.165) is 0 Å². The molecular weight excluding hydrogens is 373 g/mol. The average Bonchev–Trinajstić information content (AvgIpc) is 2.33. The molecule has 10 heteroatoms. The second kappa shape index (κ2) is 7.61. The summed E-state index contributed by atoms with van der Waals surface area (Å²) in [5.74, 6) is -0.375. The van der Waals surface area contributed by atoms with Crippen LogP contribution in [-0.4, -0.2) is 40.5 Å². The van der Waals surface area contributed by atoms with Crippen molar-refractivity contribution in [3.8, 4) is 5.75 Å². The Hall–Kier alpha value is -1.80. The van der Waals surface area contributed by atoms with Gasteiger partial charge in [-0.25, -0.2) is 9.59 Å². The third-order valence-electron chi connectivity index (χ3n) is 2.33. The maximum atomic E-state index is 12.5. The largest absolute Gasteiger partial charge is 0.491 e. The fourth-order valence-corrected chi connectivity index (χ4v) is 2.04. The van der Waals surface area contributed by atoms with Crippen LogP contribution in [0.1, 0.15) is 41.5 Å². The van der Waals surface area contributed by atoms with Crippen molar-refractivity contribution in [1.29, 1.82) is 0 Å². The number of anilines is 1. The summed E-state index contributed by atoms with van der Waals surface area (Å²) in [6, 6.07) is 0. The Morgan fingerprint density at radius 1 is 0.880 bits per heavy atom. The monoisotopic (exact) mass is 393 g/mol. The van der Waals surface area contributed by atoms with Gasteiger partial charge in [0.25, 0.3) is 0 Å². The Morgan fingerprint density at radius 2 is 1.24 bits per heavy atom. The van der Waals surface area contributed by atoms with Crippen LogP contribution in [0.25, 0.3) is 0 Å². The molecule has 140 valence electrons. The normalized spacial score (nSPS) is 11.7. The predicted octanol–water partition coefficient (Wildman–Crippen LogP) is 4.47. The molecule has 0 atom stereocenters. The van der Waals surface area contributed by atoms with Crippen molar-refractivity contribution in [2.24, 2.45) is 0 Å². The number of amides is 2. The minimum Gasteiger partial charge on any atom is -0.491 e. The standard InChI is InChI=1S/C15H21Cl2N3O5/c1-14(2,3)24-12(21)20(13(22)25-15(4,5)6)11-18-9(16)8(23-7)10(17)19-11/h1-7H3. The van der Waals surface area contributed by atoms with Crippen molar-refractivity contribution < 1.29 is 23.8 Å². The van der Waals surface area contributed by atoms with Crippen molar-refractivity contribution in [1.82, 2.24) is 9.97 Å². The minimum absolute atomic E-state index is 0.0143. The molecule has 0 aromatic carbocycles. The van der Waals surface area contributed by atoms with Gasteiger partial charge in [-0.3, -0.25) is 0 Å². The summed E-state index contributed by atoms with van der Waals surface area (Å²) in [6.07, 6.45) is -2.06. The molecule has 0 N–H and O–H groups in total. The van der Waals surface area contributed by atoms with Crippen molar-refractivity contribution >= 4 is 41.3 Å². The fraction of sp³-hybridized carbons (Fsp3) is 0.600. The lowest BCUT2D eigenvalue weighted by Crippen LogP contribution is -2.44. The molecule has 1 rings (SSSR count). The number of hydrogen-bond acceptors (Lipinski definition) is 7. The lowest BCUT2D eigenvalue weighted by molar-refractivity contribution is 0.0427. The van der Waals surface area contributed by atoms with Crippen LogP contribution < -0.4 is 9.64 Å². The number of carbonyl (C=O) groups excluding carboxylic acids is 2. The molecule has 8 nitrogen and oxygen atoms in total. The van der Waals surface area contributed by atoms with E-state index in [0.29, 0.717) is 4.90 Å². The van der Waals surface area contributed by atoms with Gasteiger partial charge in [0.05, 0.1) is 7.11 Å². The van der Waals surface area contributed by atoms with Crippen LogP contribution in [0.5, 0.6) is 5.75 Å². The first-order valence-corrected chi connectivity index (χ1v) is 8.04. The predicted molar refractivity (Wildman–Crippen MR) is 93.6 cm³/mol. The zero-order valence-electron chi connectivity index (χ0n) is 15.1. The van der Waals surface area contributed by atoms with Crippen LogP contribution in [0.2, 0.25) is 10.3 Å². The highest BCUT2D eigenvalue weighted by molar-refractivity contribution is 6.36. The maximum Gasteiger partial charge on any atom is 0.427 e. The first-order valence-electron chi connectivity index (χ1n) is 7.28. The van der Waals surface area contributed by atoms with Crippen molar-refractivity contribution in [3.05, 3.63) is 10.3 Å². The molecule has 2 amide bonds. The Balaban J connectivity index is 3.36. The molecule has 0 saturated carbocycles. The molecule has 1 aromatic heterocycles. The summed E-state index contributed by atoms with van der Waals surface area (Å²) in [5, 5.41) is -0.343. The summed E-state index contributed by atoms with van der Waals surface area (Å²) in [5.41, 5.74) is -1.73. The number of hydrogen-bond donors (Lipinski definition) is 0. The van der Waals surface area contributed by atoms with Crippen molar-refractivity contribution in [2.75, 3.05) is 12.0 Å². The molecule has 25 heavy (non-hydrogen) atoms. The van der Waals surface area contributed by atoms with E-state index in [1.165, 1.54) is 7.11 Å². The van der Waals surface area contributed by atoms with Gasteiger partial charge in [-0.2, -0.15) is 9.97 Å². The molecule has 0 fully saturated rings. The third-order valence-corrected chi connectivity index (χ3v) is 2.84. The molecule has 1 heterocycles. The number of rotatable bonds is 2. The summed E-state index contributed by atoms with van der Waals surface area (Å²) in [7, 11) is 1.33. The summed E-state index contributed by atoms with van der Waals surface area (Å²) in [4.78, 5) is 33.2. The molecule has 1 aromatic rings. The Kier molecular flexibility index (Phi) is 6.47. The highest BCUT2D eigenvalue weighted by atomic mass is 35.5. The number of imide groups is 1. The Bertz CT molecular complexity index is 617. The van der Waals surface area contributed by atoms with Gasteiger partial charge in [-0.1, -0.05) is 23.2 Å². The van der Waals surface area contributed by atoms with Crippen LogP contribution in [0.4, 0.5) is 15.5 Å². The zero-order valence-corrected chi connectivity index (χ0v) is 16.7. The van der Waals surface area contributed by atoms with Gasteiger partial charge in [0.15, 0.2) is 16.1 Å². The van der Waals surface area contributed by atoms with Gasteiger partial charge in [-0.15, -0.1) is 4.90 Å². The van der Waals surface area contributed by atoms with Crippen LogP contribution in [0, 0.1) is 0 Å². The second-order valence-corrected chi connectivity index (χ2v) is 7.65. The number of aromatic nitrogens is 2. The van der Waals surface area contributed by atoms with Gasteiger partial charge in [-0.05, 0) is 41.5 Å². The van der Waals surface area contributed by atoms with Crippen LogP contribution in [0.3, 0.4) is 0 Å². The molecule has 0 aliphatic rings. The number of nitrogens with zero attached hydrogens (tertiary/aromatic N) is 3. The minimum atomic E-state index is -1.03. The highest BCUT2D eigenvalue weighted by Crippen LogP contribution is 2.32. The SMILES string of the molecule is COc1c(Cl)nc(N(C(=O)OC(C)(C)C)C(=O)OC(C)(C)C)nc1Cl. The fourth-order valence-electron chi connectivity index (χ4n) is 1.51. The smallest absolute Gasteiger partial charge is 0.427 e. The topological polar surface area (TPSA) is 90.8 Å². The molecule has 0 aliphatic heterocycles. The number of methoxy groups -OCH3 is 1. The molecule has 0 saturated heterocycles. The zero-order chi connectivity index (χ0) is 19.6. The van der Waals surface area contributed by atoms with E-state index in [1.54, 1.807) is 41.5 Å². The summed E-state index contributed by atoms with van der Waals surface area (Å²) >= 11 is 11.9. The number of ether oxygens (including phenoxy) is 3. The average molecular weight is 394 g/mol. The molecule has 0 bridgehead atoms. The third kappa shape index (κ3) is 6.21. The number of carbonyl (C=O) groups is 2. The Morgan fingerprint density at radius 3 is 1.52 bits per heavy atom. The van der Waals surface area contributed by atoms with Gasteiger partial charge in [0, 0.05) is 0 Å². The molecule has 0 unspecified atom stereocenters. The van der Waals surface area contributed by atoms with Gasteiger partial charge in [0.2, 0.25) is 5.95 Å². The maximum absolute atomic E-state index is 12.5. The quantitative estimate of drug-likeness (QED) is 0.684. The molecular formula is C15H21Cl2N3O5. The Labute approximate surface area is 156 Å². The van der Waals surface area contributed by atoms with E-state index in [1.807, 2.05) is 0 Å². The molecule has 0 radical (unpaired) electrons. The van der Waals surface area contributed by atoms with Crippen LogP contribution >= 0.6 is 23.2 Å². The van der Waals surface area contributed by atoms with Gasteiger partial charge < -0.3 is 14.2 Å². The highest BCUT2D eigenvalue weighted by Gasteiger charge is 2.35. The van der Waals surface area contributed by atoms with Gasteiger partial charge in [0.1, 0.15) is 11.2 Å². The number of halogens is 2. The van der Waals surface area contributed by atoms with E-state index < -0.39 is 23.4 Å². The summed E-state index contributed by atoms with van der Waals surface area (Å²) < 4.78 is 15.4. The van der Waals surface area contributed by atoms with Crippen LogP contribution in [-0.2, 0) is 9.47 Å². The van der Waals surface area contributed by atoms with Crippen molar-refractivity contribution in [2.45, 2.75) is 52.7 Å². The van der Waals surface area contributed by atoms with E-state index >= 15 is 0 Å². The van der Waals surface area contributed by atoms with E-state index in [9.17, 15) is 9.59 Å². The van der Waals surface area contributed by atoms with Crippen LogP contribution in [0.15, 0.2) is 0 Å². The van der Waals surface area contributed by atoms with Gasteiger partial charge >= 0.3 is 12.2 Å². The van der Waals surface area contributed by atoms with E-state index in [-0.39, 0.29) is 22.0 Å². The van der Waals surface area contributed by atoms with E-state index in [4.69, 9.17) is 37.4 Å². The lowest BCUT2D eigenvalue weighted by Gasteiger charge is -2.27. The van der Waals surface area contributed by atoms with Crippen molar-refractivity contribution in [3.63, 3.8) is 0 Å². The first-order chi connectivity index (χ1) is 11.2. The molecule has 0 spiro atoms. The van der Waals surface area contributed by atoms with E-state index in [2.05, 4.69) is 9.97 Å². The summed E-state index contributed by atoms with van der Waals surface area (Å²) in [6.45, 7) is 9.88.